The molecule has 0 amide bonds. The minimum atomic E-state index is 0.602. The van der Waals surface area contributed by atoms with Crippen molar-refractivity contribution in [1.82, 2.24) is 4.90 Å². The summed E-state index contributed by atoms with van der Waals surface area (Å²) in [5.41, 5.74) is 4.66. The van der Waals surface area contributed by atoms with Crippen LogP contribution in [0.2, 0.25) is 0 Å². The zero-order valence-corrected chi connectivity index (χ0v) is 16.1. The molecule has 3 aliphatic carbocycles. The maximum absolute atomic E-state index is 2.71. The fourth-order valence-corrected chi connectivity index (χ4v) is 7.59. The predicted molar refractivity (Wildman–Crippen MR) is 98.4 cm³/mol. The average Bonchev–Trinajstić information content (AvgIpc) is 2.85. The van der Waals surface area contributed by atoms with Crippen LogP contribution in [-0.4, -0.2) is 24.5 Å². The second kappa shape index (κ2) is 5.35. The van der Waals surface area contributed by atoms with Crippen LogP contribution in [0.3, 0.4) is 0 Å². The monoisotopic (exact) mass is 315 g/mol. The Balaban J connectivity index is 1.65. The van der Waals surface area contributed by atoms with Gasteiger partial charge in [-0.05, 0) is 107 Å². The molecule has 0 aromatic carbocycles. The van der Waals surface area contributed by atoms with Crippen molar-refractivity contribution in [2.75, 3.05) is 13.6 Å². The van der Waals surface area contributed by atoms with E-state index in [-0.39, 0.29) is 0 Å². The number of allylic oxidation sites excluding steroid dienone is 2. The van der Waals surface area contributed by atoms with Crippen molar-refractivity contribution < 1.29 is 0 Å². The molecular weight excluding hydrogens is 278 g/mol. The van der Waals surface area contributed by atoms with Crippen LogP contribution in [0, 0.1) is 28.6 Å². The molecule has 4 aliphatic rings. The standard InChI is InChI=1S/C22H37N/c1-15(2)16-13-19-17-7-8-20-22(4,10-6-12-23(20)5)18(17)9-11-21(19,3)14-16/h17-20H,6-14H2,1-5H3/t17-,18-,19+,20?,21-,22-/m1/s1. The van der Waals surface area contributed by atoms with E-state index in [1.807, 2.05) is 5.57 Å². The average molecular weight is 316 g/mol. The Labute approximate surface area is 143 Å². The second-order valence-electron chi connectivity index (χ2n) is 10.2. The number of hydrogen-bond acceptors (Lipinski definition) is 1. The van der Waals surface area contributed by atoms with E-state index in [2.05, 4.69) is 39.6 Å². The Hall–Kier alpha value is -0.300. The Morgan fingerprint density at radius 3 is 2.57 bits per heavy atom. The van der Waals surface area contributed by atoms with Gasteiger partial charge in [-0.1, -0.05) is 25.0 Å². The molecule has 0 bridgehead atoms. The lowest BCUT2D eigenvalue weighted by Crippen LogP contribution is -2.59. The lowest BCUT2D eigenvalue weighted by atomic mass is 9.47. The van der Waals surface area contributed by atoms with Crippen molar-refractivity contribution in [2.24, 2.45) is 28.6 Å². The molecule has 0 spiro atoms. The molecule has 130 valence electrons. The van der Waals surface area contributed by atoms with Crippen molar-refractivity contribution in [3.63, 3.8) is 0 Å². The van der Waals surface area contributed by atoms with Crippen molar-refractivity contribution in [3.8, 4) is 0 Å². The van der Waals surface area contributed by atoms with Gasteiger partial charge < -0.3 is 4.90 Å². The van der Waals surface area contributed by atoms with Crippen LogP contribution < -0.4 is 0 Å². The Kier molecular flexibility index (Phi) is 3.76. The highest BCUT2D eigenvalue weighted by molar-refractivity contribution is 5.22. The summed E-state index contributed by atoms with van der Waals surface area (Å²) in [5, 5.41) is 0. The fraction of sp³-hybridized carbons (Fsp3) is 0.909. The van der Waals surface area contributed by atoms with E-state index in [1.54, 1.807) is 5.57 Å². The Bertz CT molecular complexity index is 516. The van der Waals surface area contributed by atoms with Crippen molar-refractivity contribution >= 4 is 0 Å². The molecule has 1 unspecified atom stereocenters. The zero-order chi connectivity index (χ0) is 16.4. The molecule has 1 aliphatic heterocycles. The summed E-state index contributed by atoms with van der Waals surface area (Å²) in [6, 6.07) is 0.867. The van der Waals surface area contributed by atoms with Gasteiger partial charge in [0, 0.05) is 6.04 Å². The fourth-order valence-electron chi connectivity index (χ4n) is 7.59. The lowest BCUT2D eigenvalue weighted by molar-refractivity contribution is -0.116. The minimum Gasteiger partial charge on any atom is -0.303 e. The molecule has 0 radical (unpaired) electrons. The first kappa shape index (κ1) is 16.2. The number of rotatable bonds is 0. The normalized spacial score (nSPS) is 50.2. The number of piperidine rings is 1. The summed E-state index contributed by atoms with van der Waals surface area (Å²) < 4.78 is 0. The van der Waals surface area contributed by atoms with Crippen LogP contribution in [0.25, 0.3) is 0 Å². The van der Waals surface area contributed by atoms with Crippen LogP contribution in [0.15, 0.2) is 11.1 Å². The number of likely N-dealkylation sites (tertiary alicyclic amines) is 1. The van der Waals surface area contributed by atoms with Gasteiger partial charge in [-0.15, -0.1) is 0 Å². The van der Waals surface area contributed by atoms with E-state index < -0.39 is 0 Å². The van der Waals surface area contributed by atoms with Crippen LogP contribution in [0.5, 0.6) is 0 Å². The maximum Gasteiger partial charge on any atom is 0.0149 e. The van der Waals surface area contributed by atoms with Gasteiger partial charge in [0.25, 0.3) is 0 Å². The smallest absolute Gasteiger partial charge is 0.0149 e. The summed E-state index contributed by atoms with van der Waals surface area (Å²) in [6.07, 6.45) is 11.7. The van der Waals surface area contributed by atoms with Gasteiger partial charge in [0.05, 0.1) is 0 Å². The third kappa shape index (κ3) is 2.29. The van der Waals surface area contributed by atoms with E-state index in [1.165, 1.54) is 57.9 Å². The summed E-state index contributed by atoms with van der Waals surface area (Å²) in [4.78, 5) is 2.71. The number of fused-ring (bicyclic) bond motifs is 5. The van der Waals surface area contributed by atoms with Gasteiger partial charge in [0.1, 0.15) is 0 Å². The highest BCUT2D eigenvalue weighted by Crippen LogP contribution is 2.65. The third-order valence-corrected chi connectivity index (χ3v) is 8.89. The Morgan fingerprint density at radius 2 is 1.83 bits per heavy atom. The van der Waals surface area contributed by atoms with E-state index in [9.17, 15) is 0 Å². The van der Waals surface area contributed by atoms with Gasteiger partial charge in [-0.2, -0.15) is 0 Å². The molecule has 1 nitrogen and oxygen atoms in total. The van der Waals surface area contributed by atoms with Gasteiger partial charge in [-0.3, -0.25) is 0 Å². The predicted octanol–water partition coefficient (Wildman–Crippen LogP) is 5.66. The first-order valence-corrected chi connectivity index (χ1v) is 10.2. The highest BCUT2D eigenvalue weighted by Gasteiger charge is 2.58. The summed E-state index contributed by atoms with van der Waals surface area (Å²) >= 11 is 0. The van der Waals surface area contributed by atoms with Gasteiger partial charge in [-0.25, -0.2) is 0 Å². The van der Waals surface area contributed by atoms with Crippen molar-refractivity contribution in [1.29, 1.82) is 0 Å². The maximum atomic E-state index is 2.71. The molecule has 0 aromatic rings. The van der Waals surface area contributed by atoms with E-state index in [0.717, 1.165) is 23.8 Å². The Morgan fingerprint density at radius 1 is 1.04 bits per heavy atom. The van der Waals surface area contributed by atoms with Crippen LogP contribution in [0.4, 0.5) is 0 Å². The minimum absolute atomic E-state index is 0.602. The summed E-state index contributed by atoms with van der Waals surface area (Å²) in [5.74, 6) is 2.99. The molecule has 0 N–H and O–H groups in total. The van der Waals surface area contributed by atoms with Crippen molar-refractivity contribution in [3.05, 3.63) is 11.1 Å². The van der Waals surface area contributed by atoms with Gasteiger partial charge in [0.15, 0.2) is 0 Å². The quantitative estimate of drug-likeness (QED) is 0.521. The van der Waals surface area contributed by atoms with Crippen molar-refractivity contribution in [2.45, 2.75) is 85.1 Å². The van der Waals surface area contributed by atoms with Gasteiger partial charge in [0.2, 0.25) is 0 Å². The molecule has 6 atom stereocenters. The highest BCUT2D eigenvalue weighted by atomic mass is 15.2. The largest absolute Gasteiger partial charge is 0.303 e. The molecule has 3 saturated carbocycles. The van der Waals surface area contributed by atoms with Crippen LogP contribution >= 0.6 is 0 Å². The summed E-state index contributed by atoms with van der Waals surface area (Å²) in [6.45, 7) is 11.3. The molecule has 1 heterocycles. The first-order chi connectivity index (χ1) is 10.8. The molecule has 1 saturated heterocycles. The first-order valence-electron chi connectivity index (χ1n) is 10.2. The van der Waals surface area contributed by atoms with Crippen LogP contribution in [-0.2, 0) is 0 Å². The van der Waals surface area contributed by atoms with E-state index in [4.69, 9.17) is 0 Å². The molecular formula is C22H37N. The van der Waals surface area contributed by atoms with Crippen LogP contribution in [0.1, 0.15) is 79.1 Å². The molecule has 4 fully saturated rings. The van der Waals surface area contributed by atoms with Gasteiger partial charge >= 0.3 is 0 Å². The molecule has 4 rings (SSSR count). The molecule has 0 aromatic heterocycles. The molecule has 1 heteroatoms. The summed E-state index contributed by atoms with van der Waals surface area (Å²) in [7, 11) is 2.40. The van der Waals surface area contributed by atoms with E-state index >= 15 is 0 Å². The topological polar surface area (TPSA) is 3.24 Å². The molecule has 23 heavy (non-hydrogen) atoms. The zero-order valence-electron chi connectivity index (χ0n) is 16.1. The lowest BCUT2D eigenvalue weighted by Gasteiger charge is -2.61. The number of hydrogen-bond donors (Lipinski definition) is 0. The number of nitrogens with zero attached hydrogens (tertiary/aromatic N) is 1. The second-order valence-corrected chi connectivity index (χ2v) is 10.2. The van der Waals surface area contributed by atoms with E-state index in [0.29, 0.717) is 10.8 Å². The third-order valence-electron chi connectivity index (χ3n) is 8.89. The SMILES string of the molecule is CC(C)=C1C[C@H]2[C@@H]3CCC4N(C)CCC[C@]4(C)[C@@H]3CC[C@]2(C)C1.